The smallest absolute Gasteiger partial charge is 0.387 e. The molecular formula is C15H12BrF2NO2. The molecule has 110 valence electrons. The highest BCUT2D eigenvalue weighted by Gasteiger charge is 2.08. The fourth-order valence-electron chi connectivity index (χ4n) is 1.79. The molecule has 0 unspecified atom stereocenters. The maximum Gasteiger partial charge on any atom is 0.387 e. The number of aryl methyl sites for hydroxylation is 1. The Morgan fingerprint density at radius 1 is 1.19 bits per heavy atom. The molecule has 0 aromatic heterocycles. The first-order valence-electron chi connectivity index (χ1n) is 6.07. The van der Waals surface area contributed by atoms with E-state index in [0.29, 0.717) is 11.3 Å². The van der Waals surface area contributed by atoms with Gasteiger partial charge in [0.05, 0.1) is 0 Å². The van der Waals surface area contributed by atoms with Crippen molar-refractivity contribution in [3.63, 3.8) is 0 Å². The molecule has 0 bridgehead atoms. The Balaban J connectivity index is 2.08. The van der Waals surface area contributed by atoms with Gasteiger partial charge in [0, 0.05) is 15.7 Å². The van der Waals surface area contributed by atoms with E-state index in [4.69, 9.17) is 0 Å². The third kappa shape index (κ3) is 4.53. The monoisotopic (exact) mass is 355 g/mol. The SMILES string of the molecule is Cc1cc(Br)cc(C(=O)Nc2ccc(OC(F)F)cc2)c1. The lowest BCUT2D eigenvalue weighted by Crippen LogP contribution is -2.12. The summed E-state index contributed by atoms with van der Waals surface area (Å²) in [5.74, 6) is -0.233. The second-order valence-electron chi connectivity index (χ2n) is 4.37. The first-order chi connectivity index (χ1) is 9.94. The predicted molar refractivity (Wildman–Crippen MR) is 79.9 cm³/mol. The Morgan fingerprint density at radius 2 is 1.86 bits per heavy atom. The fraction of sp³-hybridized carbons (Fsp3) is 0.133. The van der Waals surface area contributed by atoms with Crippen molar-refractivity contribution in [2.75, 3.05) is 5.32 Å². The van der Waals surface area contributed by atoms with Crippen molar-refractivity contribution in [3.05, 3.63) is 58.1 Å². The van der Waals surface area contributed by atoms with Gasteiger partial charge in [-0.15, -0.1) is 0 Å². The standard InChI is InChI=1S/C15H12BrF2NO2/c1-9-6-10(8-11(16)7-9)14(20)19-12-2-4-13(5-3-12)21-15(17)18/h2-8,15H,1H3,(H,19,20). The van der Waals surface area contributed by atoms with E-state index in [1.54, 1.807) is 12.1 Å². The van der Waals surface area contributed by atoms with Crippen LogP contribution in [0.15, 0.2) is 46.9 Å². The Bertz CT molecular complexity index is 624. The van der Waals surface area contributed by atoms with Crippen molar-refractivity contribution >= 4 is 27.5 Å². The summed E-state index contributed by atoms with van der Waals surface area (Å²) in [4.78, 5) is 12.1. The molecule has 0 saturated carbocycles. The highest BCUT2D eigenvalue weighted by Crippen LogP contribution is 2.20. The molecule has 0 aliphatic rings. The number of carbonyl (C=O) groups is 1. The molecule has 3 nitrogen and oxygen atoms in total. The third-order valence-electron chi connectivity index (χ3n) is 2.64. The number of benzene rings is 2. The summed E-state index contributed by atoms with van der Waals surface area (Å²) in [5, 5.41) is 2.69. The minimum atomic E-state index is -2.87. The number of nitrogens with one attached hydrogen (secondary N) is 1. The van der Waals surface area contributed by atoms with Crippen LogP contribution in [0.4, 0.5) is 14.5 Å². The summed E-state index contributed by atoms with van der Waals surface area (Å²) in [7, 11) is 0. The average Bonchev–Trinajstić information content (AvgIpc) is 2.39. The van der Waals surface area contributed by atoms with Gasteiger partial charge in [-0.05, 0) is 55.0 Å². The number of hydrogen-bond donors (Lipinski definition) is 1. The van der Waals surface area contributed by atoms with E-state index < -0.39 is 6.61 Å². The lowest BCUT2D eigenvalue weighted by molar-refractivity contribution is -0.0498. The number of ether oxygens (including phenoxy) is 1. The Morgan fingerprint density at radius 3 is 2.43 bits per heavy atom. The maximum absolute atomic E-state index is 12.1. The highest BCUT2D eigenvalue weighted by atomic mass is 79.9. The Kier molecular flexibility index (Phi) is 4.90. The minimum Gasteiger partial charge on any atom is -0.435 e. The number of halogens is 3. The third-order valence-corrected chi connectivity index (χ3v) is 3.10. The summed E-state index contributed by atoms with van der Waals surface area (Å²) in [5.41, 5.74) is 1.96. The molecule has 0 saturated heterocycles. The molecule has 0 aliphatic carbocycles. The molecular weight excluding hydrogens is 344 g/mol. The summed E-state index contributed by atoms with van der Waals surface area (Å²) in [6, 6.07) is 11.1. The van der Waals surface area contributed by atoms with Crippen molar-refractivity contribution in [1.29, 1.82) is 0 Å². The van der Waals surface area contributed by atoms with Crippen LogP contribution < -0.4 is 10.1 Å². The van der Waals surface area contributed by atoms with Gasteiger partial charge in [-0.1, -0.05) is 15.9 Å². The number of hydrogen-bond acceptors (Lipinski definition) is 2. The zero-order valence-corrected chi connectivity index (χ0v) is 12.7. The molecule has 6 heteroatoms. The van der Waals surface area contributed by atoms with Gasteiger partial charge in [-0.2, -0.15) is 8.78 Å². The molecule has 1 N–H and O–H groups in total. The Hall–Kier alpha value is -1.95. The molecule has 0 heterocycles. The van der Waals surface area contributed by atoms with E-state index in [1.165, 1.54) is 24.3 Å². The van der Waals surface area contributed by atoms with Crippen LogP contribution in [0.2, 0.25) is 0 Å². The van der Waals surface area contributed by atoms with Crippen molar-refractivity contribution in [1.82, 2.24) is 0 Å². The van der Waals surface area contributed by atoms with Crippen LogP contribution in [0.25, 0.3) is 0 Å². The van der Waals surface area contributed by atoms with Crippen LogP contribution in [0.5, 0.6) is 5.75 Å². The van der Waals surface area contributed by atoms with E-state index in [9.17, 15) is 13.6 Å². The van der Waals surface area contributed by atoms with Gasteiger partial charge in [0.1, 0.15) is 5.75 Å². The normalized spacial score (nSPS) is 10.5. The van der Waals surface area contributed by atoms with Gasteiger partial charge in [0.15, 0.2) is 0 Å². The van der Waals surface area contributed by atoms with Crippen LogP contribution in [-0.4, -0.2) is 12.5 Å². The van der Waals surface area contributed by atoms with E-state index in [-0.39, 0.29) is 11.7 Å². The molecule has 2 rings (SSSR count). The van der Waals surface area contributed by atoms with Crippen molar-refractivity contribution < 1.29 is 18.3 Å². The molecule has 0 fully saturated rings. The second-order valence-corrected chi connectivity index (χ2v) is 5.29. The van der Waals surface area contributed by atoms with Gasteiger partial charge in [0.2, 0.25) is 0 Å². The first kappa shape index (κ1) is 15.4. The van der Waals surface area contributed by atoms with Gasteiger partial charge in [-0.3, -0.25) is 4.79 Å². The fourth-order valence-corrected chi connectivity index (χ4v) is 2.40. The quantitative estimate of drug-likeness (QED) is 0.869. The zero-order chi connectivity index (χ0) is 15.4. The topological polar surface area (TPSA) is 38.3 Å². The number of carbonyl (C=O) groups excluding carboxylic acids is 1. The molecule has 21 heavy (non-hydrogen) atoms. The molecule has 1 amide bonds. The van der Waals surface area contributed by atoms with Crippen LogP contribution in [0.3, 0.4) is 0 Å². The molecule has 2 aromatic carbocycles. The number of rotatable bonds is 4. The predicted octanol–water partition coefficient (Wildman–Crippen LogP) is 4.61. The van der Waals surface area contributed by atoms with E-state index in [0.717, 1.165) is 10.0 Å². The van der Waals surface area contributed by atoms with Crippen molar-refractivity contribution in [3.8, 4) is 5.75 Å². The summed E-state index contributed by atoms with van der Waals surface area (Å²) in [6.45, 7) is -0.979. The van der Waals surface area contributed by atoms with Crippen LogP contribution in [0.1, 0.15) is 15.9 Å². The first-order valence-corrected chi connectivity index (χ1v) is 6.87. The van der Waals surface area contributed by atoms with Crippen molar-refractivity contribution in [2.45, 2.75) is 13.5 Å². The average molecular weight is 356 g/mol. The number of amides is 1. The lowest BCUT2D eigenvalue weighted by Gasteiger charge is -2.08. The lowest BCUT2D eigenvalue weighted by atomic mass is 10.1. The van der Waals surface area contributed by atoms with Crippen LogP contribution >= 0.6 is 15.9 Å². The summed E-state index contributed by atoms with van der Waals surface area (Å²) < 4.78 is 29.1. The van der Waals surface area contributed by atoms with Crippen molar-refractivity contribution in [2.24, 2.45) is 0 Å². The van der Waals surface area contributed by atoms with Gasteiger partial charge >= 0.3 is 6.61 Å². The largest absolute Gasteiger partial charge is 0.435 e. The number of alkyl halides is 2. The summed E-state index contributed by atoms with van der Waals surface area (Å²) in [6.07, 6.45) is 0. The second kappa shape index (κ2) is 6.67. The van der Waals surface area contributed by atoms with E-state index in [2.05, 4.69) is 26.0 Å². The van der Waals surface area contributed by atoms with E-state index in [1.807, 2.05) is 13.0 Å². The van der Waals surface area contributed by atoms with Crippen LogP contribution in [-0.2, 0) is 0 Å². The zero-order valence-electron chi connectivity index (χ0n) is 11.1. The molecule has 0 atom stereocenters. The summed E-state index contributed by atoms with van der Waals surface area (Å²) >= 11 is 3.33. The molecule has 0 spiro atoms. The number of anilines is 1. The highest BCUT2D eigenvalue weighted by molar-refractivity contribution is 9.10. The maximum atomic E-state index is 12.1. The van der Waals surface area contributed by atoms with Crippen LogP contribution in [0, 0.1) is 6.92 Å². The molecule has 0 aliphatic heterocycles. The Labute approximate surface area is 129 Å². The van der Waals surface area contributed by atoms with Gasteiger partial charge in [0.25, 0.3) is 5.91 Å². The molecule has 2 aromatic rings. The van der Waals surface area contributed by atoms with E-state index >= 15 is 0 Å². The molecule has 0 radical (unpaired) electrons. The van der Waals surface area contributed by atoms with Gasteiger partial charge < -0.3 is 10.1 Å². The minimum absolute atomic E-state index is 0.0429. The van der Waals surface area contributed by atoms with Gasteiger partial charge in [-0.25, -0.2) is 0 Å².